The molecule has 0 saturated carbocycles. The Bertz CT molecular complexity index is 533. The Hall–Kier alpha value is -1.08. The zero-order chi connectivity index (χ0) is 20.8. The smallest absolute Gasteiger partial charge is 0.0589 e. The molecule has 2 aliphatic rings. The summed E-state index contributed by atoms with van der Waals surface area (Å²) < 4.78 is 0. The highest BCUT2D eigenvalue weighted by molar-refractivity contribution is 5.50. The Labute approximate surface area is 164 Å². The lowest BCUT2D eigenvalue weighted by molar-refractivity contribution is 0.228. The molecule has 1 heterocycles. The molecule has 1 aliphatic carbocycles. The molecule has 1 fully saturated rings. The summed E-state index contributed by atoms with van der Waals surface area (Å²) in [5, 5.41) is 0. The molecular formula is C25H45N. The summed E-state index contributed by atoms with van der Waals surface area (Å²) in [5.41, 5.74) is 3.32. The van der Waals surface area contributed by atoms with Gasteiger partial charge in [-0.2, -0.15) is 0 Å². The normalized spacial score (nSPS) is 32.7. The van der Waals surface area contributed by atoms with Crippen molar-refractivity contribution in [1.29, 1.82) is 0 Å². The summed E-state index contributed by atoms with van der Waals surface area (Å²) in [6.07, 6.45) is 13.7. The van der Waals surface area contributed by atoms with Gasteiger partial charge in [-0.05, 0) is 43.9 Å². The first-order valence-electron chi connectivity index (χ1n) is 10.5. The molecule has 0 aromatic rings. The zero-order valence-electron chi connectivity index (χ0n) is 19.5. The van der Waals surface area contributed by atoms with Crippen molar-refractivity contribution in [2.24, 2.45) is 10.8 Å². The highest BCUT2D eigenvalue weighted by Crippen LogP contribution is 2.50. The Balaban J connectivity index is 0.00000113. The molecule has 0 aromatic heterocycles. The maximum absolute atomic E-state index is 3.94. The van der Waals surface area contributed by atoms with Crippen LogP contribution < -0.4 is 0 Å². The number of rotatable bonds is 3. The lowest BCUT2D eigenvalue weighted by Crippen LogP contribution is -2.28. The van der Waals surface area contributed by atoms with Crippen molar-refractivity contribution in [3.05, 3.63) is 48.1 Å². The molecule has 4 atom stereocenters. The van der Waals surface area contributed by atoms with Gasteiger partial charge < -0.3 is 0 Å². The summed E-state index contributed by atoms with van der Waals surface area (Å²) in [7, 11) is 2.22. The lowest BCUT2D eigenvalue weighted by Gasteiger charge is -2.37. The molecule has 0 bridgehead atoms. The number of hydrogen-bond acceptors (Lipinski definition) is 1. The predicted octanol–water partition coefficient (Wildman–Crippen LogP) is 7.57. The van der Waals surface area contributed by atoms with Crippen molar-refractivity contribution in [3.8, 4) is 0 Å². The van der Waals surface area contributed by atoms with E-state index in [-0.39, 0.29) is 16.4 Å². The average molecular weight is 360 g/mol. The van der Waals surface area contributed by atoms with E-state index in [9.17, 15) is 0 Å². The van der Waals surface area contributed by atoms with Crippen LogP contribution in [0.3, 0.4) is 0 Å². The van der Waals surface area contributed by atoms with E-state index < -0.39 is 0 Å². The summed E-state index contributed by atoms with van der Waals surface area (Å²) in [4.78, 5) is 2.45. The Morgan fingerprint density at radius 2 is 1.54 bits per heavy atom. The molecule has 0 N–H and O–H groups in total. The van der Waals surface area contributed by atoms with Crippen molar-refractivity contribution >= 4 is 0 Å². The second-order valence-electron chi connectivity index (χ2n) is 8.77. The molecule has 0 radical (unpaired) electrons. The maximum atomic E-state index is 3.94. The van der Waals surface area contributed by atoms with Crippen molar-refractivity contribution in [2.45, 2.75) is 93.7 Å². The highest BCUT2D eigenvalue weighted by atomic mass is 15.4. The molecular weight excluding hydrogens is 314 g/mol. The van der Waals surface area contributed by atoms with Crippen LogP contribution in [0, 0.1) is 10.8 Å². The van der Waals surface area contributed by atoms with E-state index in [4.69, 9.17) is 0 Å². The van der Waals surface area contributed by atoms with Gasteiger partial charge in [0.25, 0.3) is 0 Å². The van der Waals surface area contributed by atoms with Gasteiger partial charge in [0.15, 0.2) is 0 Å². The fraction of sp³-hybridized carbons (Fsp3) is 0.680. The van der Waals surface area contributed by atoms with Crippen LogP contribution in [-0.4, -0.2) is 23.5 Å². The van der Waals surface area contributed by atoms with E-state index in [1.807, 2.05) is 19.9 Å². The zero-order valence-corrected chi connectivity index (χ0v) is 19.5. The van der Waals surface area contributed by atoms with E-state index in [0.29, 0.717) is 6.04 Å². The van der Waals surface area contributed by atoms with Gasteiger partial charge in [-0.25, -0.2) is 0 Å². The van der Waals surface area contributed by atoms with E-state index in [1.54, 1.807) is 0 Å². The van der Waals surface area contributed by atoms with Crippen LogP contribution in [0.1, 0.15) is 82.1 Å². The first kappa shape index (κ1) is 24.9. The Morgan fingerprint density at radius 1 is 1.12 bits per heavy atom. The number of nitrogens with zero attached hydrogens (tertiary/aromatic N) is 1. The topological polar surface area (TPSA) is 3.01 Å². The van der Waals surface area contributed by atoms with Crippen LogP contribution in [0.4, 0.5) is 0 Å². The minimum atomic E-state index is 0.0776. The SMILES string of the molecule is C=CCC1=C(C2(C)C(C)N2C)C=CC(C)(C(C)(C)C)C=C1.CC.CCC. The van der Waals surface area contributed by atoms with Crippen molar-refractivity contribution in [1.82, 2.24) is 4.90 Å². The third-order valence-electron chi connectivity index (χ3n) is 6.16. The van der Waals surface area contributed by atoms with Crippen LogP contribution in [-0.2, 0) is 0 Å². The molecule has 1 nitrogen and oxygen atoms in total. The predicted molar refractivity (Wildman–Crippen MR) is 121 cm³/mol. The first-order valence-corrected chi connectivity index (χ1v) is 10.5. The average Bonchev–Trinajstić information content (AvgIpc) is 3.12. The minimum absolute atomic E-state index is 0.0776. The van der Waals surface area contributed by atoms with Gasteiger partial charge in [0.1, 0.15) is 0 Å². The summed E-state index contributed by atoms with van der Waals surface area (Å²) >= 11 is 0. The quantitative estimate of drug-likeness (QED) is 0.371. The number of allylic oxidation sites excluding steroid dienone is 5. The van der Waals surface area contributed by atoms with Gasteiger partial charge in [0.05, 0.1) is 5.54 Å². The van der Waals surface area contributed by atoms with Gasteiger partial charge >= 0.3 is 0 Å². The van der Waals surface area contributed by atoms with Gasteiger partial charge in [0.2, 0.25) is 0 Å². The molecule has 2 rings (SSSR count). The van der Waals surface area contributed by atoms with Crippen LogP contribution >= 0.6 is 0 Å². The molecule has 0 amide bonds. The maximum Gasteiger partial charge on any atom is 0.0589 e. The van der Waals surface area contributed by atoms with E-state index >= 15 is 0 Å². The highest BCUT2D eigenvalue weighted by Gasteiger charge is 2.56. The van der Waals surface area contributed by atoms with E-state index in [2.05, 4.69) is 98.2 Å². The molecule has 0 aromatic carbocycles. The van der Waals surface area contributed by atoms with Crippen molar-refractivity contribution in [3.63, 3.8) is 0 Å². The van der Waals surface area contributed by atoms with Crippen molar-refractivity contribution < 1.29 is 0 Å². The third kappa shape index (κ3) is 5.00. The Kier molecular flexibility index (Phi) is 9.33. The fourth-order valence-electron chi connectivity index (χ4n) is 3.27. The Morgan fingerprint density at radius 3 is 1.88 bits per heavy atom. The first-order chi connectivity index (χ1) is 12.0. The molecule has 1 aliphatic heterocycles. The standard InChI is InChI=1S/C20H31N.C3H8.C2H6/c1-9-10-16-11-13-19(6,18(3,4)5)14-12-17(16)20(7)15(2)21(20)8;1-3-2;1-2/h9,11-15H,1,10H2,2-8H3;3H2,1-2H3;1-2H3. The van der Waals surface area contributed by atoms with Gasteiger partial charge in [-0.3, -0.25) is 4.90 Å². The molecule has 4 unspecified atom stereocenters. The number of likely N-dealkylation sites (N-methyl/N-ethyl adjacent to an activating group) is 1. The lowest BCUT2D eigenvalue weighted by atomic mass is 9.67. The molecule has 0 spiro atoms. The van der Waals surface area contributed by atoms with Crippen LogP contribution in [0.15, 0.2) is 48.1 Å². The van der Waals surface area contributed by atoms with E-state index in [0.717, 1.165) is 6.42 Å². The third-order valence-corrected chi connectivity index (χ3v) is 6.16. The van der Waals surface area contributed by atoms with Crippen LogP contribution in [0.2, 0.25) is 0 Å². The minimum Gasteiger partial charge on any atom is -0.291 e. The largest absolute Gasteiger partial charge is 0.291 e. The monoisotopic (exact) mass is 359 g/mol. The van der Waals surface area contributed by atoms with Gasteiger partial charge in [0, 0.05) is 11.5 Å². The molecule has 150 valence electrons. The molecule has 1 saturated heterocycles. The summed E-state index contributed by atoms with van der Waals surface area (Å²) in [5.74, 6) is 0. The van der Waals surface area contributed by atoms with Gasteiger partial charge in [-0.1, -0.05) is 92.2 Å². The van der Waals surface area contributed by atoms with E-state index in [1.165, 1.54) is 17.6 Å². The second-order valence-corrected chi connectivity index (χ2v) is 8.77. The summed E-state index contributed by atoms with van der Waals surface area (Å²) in [6.45, 7) is 26.1. The van der Waals surface area contributed by atoms with Crippen LogP contribution in [0.5, 0.6) is 0 Å². The van der Waals surface area contributed by atoms with Gasteiger partial charge in [-0.15, -0.1) is 6.58 Å². The summed E-state index contributed by atoms with van der Waals surface area (Å²) in [6, 6.07) is 0.601. The van der Waals surface area contributed by atoms with Crippen molar-refractivity contribution in [2.75, 3.05) is 7.05 Å². The molecule has 1 heteroatoms. The molecule has 26 heavy (non-hydrogen) atoms. The number of hydrogen-bond donors (Lipinski definition) is 0. The second kappa shape index (κ2) is 9.74. The fourth-order valence-corrected chi connectivity index (χ4v) is 3.27. The van der Waals surface area contributed by atoms with Crippen LogP contribution in [0.25, 0.3) is 0 Å².